The minimum Gasteiger partial charge on any atom is -0.494 e. The second kappa shape index (κ2) is 12.0. The Morgan fingerprint density at radius 3 is 2.31 bits per heavy atom. The average molecular weight is 574 g/mol. The van der Waals surface area contributed by atoms with Crippen molar-refractivity contribution in [2.24, 2.45) is 5.10 Å². The van der Waals surface area contributed by atoms with Crippen LogP contribution in [0.2, 0.25) is 0 Å². The van der Waals surface area contributed by atoms with Gasteiger partial charge in [-0.2, -0.15) is 5.10 Å². The van der Waals surface area contributed by atoms with Gasteiger partial charge in [-0.05, 0) is 83.9 Å². The lowest BCUT2D eigenvalue weighted by molar-refractivity contribution is -0.119. The van der Waals surface area contributed by atoms with Crippen molar-refractivity contribution in [3.63, 3.8) is 0 Å². The van der Waals surface area contributed by atoms with Gasteiger partial charge in [0.1, 0.15) is 12.3 Å². The molecule has 0 aliphatic rings. The molecular formula is C26H29BrN4O4S. The summed E-state index contributed by atoms with van der Waals surface area (Å²) in [6.07, 6.45) is 1.50. The first kappa shape index (κ1) is 27.2. The Balaban J connectivity index is 1.80. The van der Waals surface area contributed by atoms with E-state index in [4.69, 9.17) is 4.74 Å². The zero-order chi connectivity index (χ0) is 26.3. The molecule has 10 heteroatoms. The molecule has 0 bridgehead atoms. The van der Waals surface area contributed by atoms with Gasteiger partial charge in [-0.3, -0.25) is 9.10 Å². The minimum atomic E-state index is -4.04. The van der Waals surface area contributed by atoms with Gasteiger partial charge in [0.25, 0.3) is 15.9 Å². The van der Waals surface area contributed by atoms with Gasteiger partial charge in [-0.1, -0.05) is 23.8 Å². The van der Waals surface area contributed by atoms with E-state index in [1.807, 2.05) is 51.0 Å². The largest absolute Gasteiger partial charge is 0.494 e. The van der Waals surface area contributed by atoms with Crippen molar-refractivity contribution >= 4 is 49.4 Å². The number of hydrogen-bond donors (Lipinski definition) is 1. The van der Waals surface area contributed by atoms with Crippen molar-refractivity contribution in [3.8, 4) is 5.75 Å². The van der Waals surface area contributed by atoms with E-state index in [0.717, 1.165) is 25.6 Å². The predicted octanol–water partition coefficient (Wildman–Crippen LogP) is 4.57. The van der Waals surface area contributed by atoms with Gasteiger partial charge in [0.05, 0.1) is 29.1 Å². The molecule has 0 atom stereocenters. The van der Waals surface area contributed by atoms with E-state index < -0.39 is 22.5 Å². The first-order valence-electron chi connectivity index (χ1n) is 11.2. The van der Waals surface area contributed by atoms with E-state index in [1.54, 1.807) is 36.4 Å². The molecule has 8 nitrogen and oxygen atoms in total. The third kappa shape index (κ3) is 6.86. The van der Waals surface area contributed by atoms with Gasteiger partial charge in [0, 0.05) is 18.6 Å². The fourth-order valence-corrected chi connectivity index (χ4v) is 5.51. The molecule has 190 valence electrons. The molecule has 0 heterocycles. The number of aryl methyl sites for hydroxylation is 1. The van der Waals surface area contributed by atoms with Crippen molar-refractivity contribution in [3.05, 3.63) is 82.3 Å². The number of halogens is 1. The van der Waals surface area contributed by atoms with Crippen molar-refractivity contribution in [1.29, 1.82) is 0 Å². The smallest absolute Gasteiger partial charge is 0.264 e. The van der Waals surface area contributed by atoms with Crippen LogP contribution in [0.3, 0.4) is 0 Å². The standard InChI is InChI=1S/C26H29BrN4O4S/c1-5-35-22-11-13-23(14-12-22)36(33,34)31(21-9-6-19(2)7-10-21)18-26(32)29-28-17-20-8-15-25(30(3)4)24(27)16-20/h6-17H,5,18H2,1-4H3,(H,29,32)/b28-17-. The topological polar surface area (TPSA) is 91.3 Å². The van der Waals surface area contributed by atoms with Gasteiger partial charge in [-0.15, -0.1) is 0 Å². The fourth-order valence-electron chi connectivity index (χ4n) is 3.34. The lowest BCUT2D eigenvalue weighted by Gasteiger charge is -2.24. The molecule has 0 aromatic heterocycles. The lowest BCUT2D eigenvalue weighted by atomic mass is 10.2. The molecule has 1 amide bonds. The van der Waals surface area contributed by atoms with Crippen LogP contribution in [0.25, 0.3) is 0 Å². The van der Waals surface area contributed by atoms with Crippen LogP contribution in [0, 0.1) is 6.92 Å². The number of nitrogens with zero attached hydrogens (tertiary/aromatic N) is 3. The van der Waals surface area contributed by atoms with Crippen molar-refractivity contribution in [2.45, 2.75) is 18.7 Å². The summed E-state index contributed by atoms with van der Waals surface area (Å²) < 4.78 is 34.4. The number of ether oxygens (including phenoxy) is 1. The number of sulfonamides is 1. The summed E-state index contributed by atoms with van der Waals surface area (Å²) in [6, 6.07) is 18.7. The average Bonchev–Trinajstić information content (AvgIpc) is 2.83. The maximum absolute atomic E-state index is 13.5. The fraction of sp³-hybridized carbons (Fsp3) is 0.231. The number of carbonyl (C=O) groups is 1. The Bertz CT molecular complexity index is 1330. The number of carbonyl (C=O) groups excluding carboxylic acids is 1. The highest BCUT2D eigenvalue weighted by Gasteiger charge is 2.27. The van der Waals surface area contributed by atoms with Crippen molar-refractivity contribution < 1.29 is 17.9 Å². The molecule has 0 aliphatic heterocycles. The number of nitrogens with one attached hydrogen (secondary N) is 1. The Kier molecular flexibility index (Phi) is 9.11. The molecule has 0 radical (unpaired) electrons. The normalized spacial score (nSPS) is 11.4. The van der Waals surface area contributed by atoms with E-state index in [1.165, 1.54) is 18.3 Å². The Labute approximate surface area is 220 Å². The Morgan fingerprint density at radius 1 is 1.06 bits per heavy atom. The van der Waals surface area contributed by atoms with E-state index in [-0.39, 0.29) is 4.90 Å². The molecule has 0 saturated heterocycles. The van der Waals surface area contributed by atoms with E-state index in [9.17, 15) is 13.2 Å². The number of rotatable bonds is 10. The number of benzene rings is 3. The maximum Gasteiger partial charge on any atom is 0.264 e. The van der Waals surface area contributed by atoms with Crippen LogP contribution < -0.4 is 19.4 Å². The van der Waals surface area contributed by atoms with Crippen LogP contribution >= 0.6 is 15.9 Å². The summed E-state index contributed by atoms with van der Waals surface area (Å²) in [6.45, 7) is 3.78. The number of hydrogen-bond acceptors (Lipinski definition) is 6. The summed E-state index contributed by atoms with van der Waals surface area (Å²) in [5.41, 5.74) is 5.54. The molecular weight excluding hydrogens is 544 g/mol. The summed E-state index contributed by atoms with van der Waals surface area (Å²) in [5, 5.41) is 4.01. The Morgan fingerprint density at radius 2 is 1.72 bits per heavy atom. The van der Waals surface area contributed by atoms with Gasteiger partial charge < -0.3 is 9.64 Å². The third-order valence-corrected chi connectivity index (χ3v) is 7.61. The first-order chi connectivity index (χ1) is 17.1. The van der Waals surface area contributed by atoms with Gasteiger partial charge in [-0.25, -0.2) is 13.8 Å². The van der Waals surface area contributed by atoms with E-state index in [0.29, 0.717) is 18.0 Å². The number of anilines is 2. The predicted molar refractivity (Wildman–Crippen MR) is 148 cm³/mol. The zero-order valence-corrected chi connectivity index (χ0v) is 23.0. The lowest BCUT2D eigenvalue weighted by Crippen LogP contribution is -2.39. The molecule has 3 rings (SSSR count). The van der Waals surface area contributed by atoms with Crippen LogP contribution in [0.4, 0.5) is 11.4 Å². The molecule has 1 N–H and O–H groups in total. The van der Waals surface area contributed by atoms with Crippen LogP contribution in [-0.2, 0) is 14.8 Å². The van der Waals surface area contributed by atoms with Crippen molar-refractivity contribution in [2.75, 3.05) is 36.5 Å². The number of hydrazone groups is 1. The highest BCUT2D eigenvalue weighted by Crippen LogP contribution is 2.26. The van der Waals surface area contributed by atoms with Gasteiger partial charge >= 0.3 is 0 Å². The molecule has 0 aliphatic carbocycles. The number of amides is 1. The maximum atomic E-state index is 13.5. The van der Waals surface area contributed by atoms with Crippen LogP contribution in [0.1, 0.15) is 18.1 Å². The SMILES string of the molecule is CCOc1ccc(S(=O)(=O)N(CC(=O)N/N=C\c2ccc(N(C)C)c(Br)c2)c2ccc(C)cc2)cc1. The highest BCUT2D eigenvalue weighted by molar-refractivity contribution is 9.10. The molecule has 0 unspecified atom stereocenters. The van der Waals surface area contributed by atoms with Gasteiger partial charge in [0.15, 0.2) is 0 Å². The summed E-state index contributed by atoms with van der Waals surface area (Å²) in [5.74, 6) is -0.0130. The Hall–Kier alpha value is -3.37. The molecule has 3 aromatic carbocycles. The van der Waals surface area contributed by atoms with E-state index in [2.05, 4.69) is 26.5 Å². The van der Waals surface area contributed by atoms with Gasteiger partial charge in [0.2, 0.25) is 0 Å². The van der Waals surface area contributed by atoms with Crippen LogP contribution in [0.15, 0.2) is 81.2 Å². The third-order valence-electron chi connectivity index (χ3n) is 5.19. The van der Waals surface area contributed by atoms with Crippen molar-refractivity contribution in [1.82, 2.24) is 5.43 Å². The monoisotopic (exact) mass is 572 g/mol. The van der Waals surface area contributed by atoms with Crippen LogP contribution in [0.5, 0.6) is 5.75 Å². The van der Waals surface area contributed by atoms with Crippen LogP contribution in [-0.4, -0.2) is 47.8 Å². The quantitative estimate of drug-likeness (QED) is 0.284. The molecule has 36 heavy (non-hydrogen) atoms. The molecule has 3 aromatic rings. The summed E-state index contributed by atoms with van der Waals surface area (Å²) in [7, 11) is -0.156. The molecule has 0 fully saturated rings. The zero-order valence-electron chi connectivity index (χ0n) is 20.6. The summed E-state index contributed by atoms with van der Waals surface area (Å²) in [4.78, 5) is 14.8. The second-order valence-corrected chi connectivity index (χ2v) is 10.9. The molecule has 0 saturated carbocycles. The first-order valence-corrected chi connectivity index (χ1v) is 13.5. The van der Waals surface area contributed by atoms with E-state index >= 15 is 0 Å². The second-order valence-electron chi connectivity index (χ2n) is 8.15. The molecule has 0 spiro atoms. The minimum absolute atomic E-state index is 0.0497. The highest BCUT2D eigenvalue weighted by atomic mass is 79.9. The summed E-state index contributed by atoms with van der Waals surface area (Å²) >= 11 is 3.52.